The predicted octanol–water partition coefficient (Wildman–Crippen LogP) is 4.08. The molecule has 3 aromatic rings. The smallest absolute Gasteiger partial charge is 0.244 e. The van der Waals surface area contributed by atoms with E-state index in [1.807, 2.05) is 25.1 Å². The van der Waals surface area contributed by atoms with E-state index in [4.69, 9.17) is 0 Å². The van der Waals surface area contributed by atoms with Gasteiger partial charge in [-0.15, -0.1) is 0 Å². The zero-order valence-corrected chi connectivity index (χ0v) is 21.6. The molecule has 0 radical (unpaired) electrons. The van der Waals surface area contributed by atoms with Gasteiger partial charge in [0.05, 0.1) is 11.9 Å². The fourth-order valence-electron chi connectivity index (χ4n) is 3.93. The standard InChI is InChI=1S/C27H32FN3O4S/c1-4-5-17-29-27(33)20(2)30(18-21-13-15-23(28)16-14-21)26(32)19-31(36(3,34)35)25-12-8-10-22-9-6-7-11-24(22)25/h6-16,20H,4-5,17-19H2,1-3H3,(H,29,33)/t20-/m1/s1. The zero-order valence-electron chi connectivity index (χ0n) is 20.8. The van der Waals surface area contributed by atoms with Crippen LogP contribution in [-0.2, 0) is 26.2 Å². The number of amides is 2. The second kappa shape index (κ2) is 12.0. The molecule has 0 aliphatic rings. The average Bonchev–Trinajstić information content (AvgIpc) is 2.85. The fraction of sp³-hybridized carbons (Fsp3) is 0.333. The SMILES string of the molecule is CCCCNC(=O)[C@@H](C)N(Cc1ccc(F)cc1)C(=O)CN(c1cccc2ccccc12)S(C)(=O)=O. The molecule has 2 amide bonds. The molecule has 1 atom stereocenters. The summed E-state index contributed by atoms with van der Waals surface area (Å²) in [5.74, 6) is -1.30. The minimum atomic E-state index is -3.84. The van der Waals surface area contributed by atoms with E-state index in [9.17, 15) is 22.4 Å². The van der Waals surface area contributed by atoms with Gasteiger partial charge in [0, 0.05) is 18.5 Å². The van der Waals surface area contributed by atoms with Crippen LogP contribution in [0, 0.1) is 5.82 Å². The van der Waals surface area contributed by atoms with Gasteiger partial charge in [-0.25, -0.2) is 12.8 Å². The number of fused-ring (bicyclic) bond motifs is 1. The lowest BCUT2D eigenvalue weighted by atomic mass is 10.1. The van der Waals surface area contributed by atoms with Crippen LogP contribution in [0.3, 0.4) is 0 Å². The first-order valence-electron chi connectivity index (χ1n) is 11.9. The van der Waals surface area contributed by atoms with E-state index in [-0.39, 0.29) is 12.5 Å². The summed E-state index contributed by atoms with van der Waals surface area (Å²) < 4.78 is 40.2. The zero-order chi connectivity index (χ0) is 26.3. The summed E-state index contributed by atoms with van der Waals surface area (Å²) in [6.45, 7) is 3.62. The lowest BCUT2D eigenvalue weighted by Crippen LogP contribution is -2.51. The molecule has 0 aliphatic carbocycles. The molecule has 0 aromatic heterocycles. The highest BCUT2D eigenvalue weighted by atomic mass is 32.2. The van der Waals surface area contributed by atoms with Crippen LogP contribution in [0.4, 0.5) is 10.1 Å². The van der Waals surface area contributed by atoms with Crippen LogP contribution < -0.4 is 9.62 Å². The number of halogens is 1. The number of hydrogen-bond acceptors (Lipinski definition) is 4. The summed E-state index contributed by atoms with van der Waals surface area (Å²) in [6, 6.07) is 17.3. The molecule has 0 saturated carbocycles. The van der Waals surface area contributed by atoms with Crippen molar-refractivity contribution in [3.63, 3.8) is 0 Å². The first-order valence-corrected chi connectivity index (χ1v) is 13.7. The predicted molar refractivity (Wildman–Crippen MR) is 140 cm³/mol. The Labute approximate surface area is 212 Å². The van der Waals surface area contributed by atoms with Gasteiger partial charge in [0.1, 0.15) is 18.4 Å². The molecular formula is C27H32FN3O4S. The fourth-order valence-corrected chi connectivity index (χ4v) is 4.79. The van der Waals surface area contributed by atoms with E-state index < -0.39 is 34.3 Å². The van der Waals surface area contributed by atoms with Gasteiger partial charge in [0.15, 0.2) is 0 Å². The summed E-state index contributed by atoms with van der Waals surface area (Å²) in [7, 11) is -3.84. The molecule has 3 aromatic carbocycles. The Kier molecular flexibility index (Phi) is 9.03. The highest BCUT2D eigenvalue weighted by Crippen LogP contribution is 2.28. The average molecular weight is 514 g/mol. The first kappa shape index (κ1) is 27.1. The quantitative estimate of drug-likeness (QED) is 0.392. The summed E-state index contributed by atoms with van der Waals surface area (Å²) >= 11 is 0. The molecular weight excluding hydrogens is 481 g/mol. The van der Waals surface area contributed by atoms with Crippen molar-refractivity contribution in [1.29, 1.82) is 0 Å². The molecule has 0 bridgehead atoms. The molecule has 36 heavy (non-hydrogen) atoms. The molecule has 192 valence electrons. The number of nitrogens with one attached hydrogen (secondary N) is 1. The maximum Gasteiger partial charge on any atom is 0.244 e. The minimum Gasteiger partial charge on any atom is -0.354 e. The highest BCUT2D eigenvalue weighted by Gasteiger charge is 2.30. The highest BCUT2D eigenvalue weighted by molar-refractivity contribution is 7.92. The largest absolute Gasteiger partial charge is 0.354 e. The lowest BCUT2D eigenvalue weighted by molar-refractivity contribution is -0.139. The van der Waals surface area contributed by atoms with Crippen LogP contribution in [0.5, 0.6) is 0 Å². The van der Waals surface area contributed by atoms with E-state index in [1.54, 1.807) is 31.2 Å². The molecule has 0 aliphatic heterocycles. The van der Waals surface area contributed by atoms with Crippen molar-refractivity contribution >= 4 is 38.3 Å². The third-order valence-corrected chi connectivity index (χ3v) is 7.10. The Bertz CT molecular complexity index is 1310. The second-order valence-electron chi connectivity index (χ2n) is 8.74. The van der Waals surface area contributed by atoms with Crippen LogP contribution in [0.25, 0.3) is 10.8 Å². The summed E-state index contributed by atoms with van der Waals surface area (Å²) in [4.78, 5) is 27.8. The van der Waals surface area contributed by atoms with E-state index in [2.05, 4.69) is 5.32 Å². The lowest BCUT2D eigenvalue weighted by Gasteiger charge is -2.31. The Morgan fingerprint density at radius 3 is 2.33 bits per heavy atom. The number of sulfonamides is 1. The molecule has 9 heteroatoms. The van der Waals surface area contributed by atoms with Gasteiger partial charge in [-0.05, 0) is 42.5 Å². The van der Waals surface area contributed by atoms with Crippen molar-refractivity contribution < 1.29 is 22.4 Å². The second-order valence-corrected chi connectivity index (χ2v) is 10.6. The summed E-state index contributed by atoms with van der Waals surface area (Å²) in [5, 5.41) is 4.35. The van der Waals surface area contributed by atoms with E-state index >= 15 is 0 Å². The Hall–Kier alpha value is -3.46. The Balaban J connectivity index is 1.95. The number of hydrogen-bond donors (Lipinski definition) is 1. The number of benzene rings is 3. The van der Waals surface area contributed by atoms with Crippen LogP contribution in [-0.4, -0.2) is 50.5 Å². The maximum atomic E-state index is 13.6. The van der Waals surface area contributed by atoms with Gasteiger partial charge < -0.3 is 10.2 Å². The molecule has 7 nitrogen and oxygen atoms in total. The van der Waals surface area contributed by atoms with Crippen molar-refractivity contribution in [2.45, 2.75) is 39.3 Å². The third-order valence-electron chi connectivity index (χ3n) is 5.98. The molecule has 0 saturated heterocycles. The van der Waals surface area contributed by atoms with Gasteiger partial charge in [0.25, 0.3) is 0 Å². The number of nitrogens with zero attached hydrogens (tertiary/aromatic N) is 2. The van der Waals surface area contributed by atoms with Gasteiger partial charge >= 0.3 is 0 Å². The van der Waals surface area contributed by atoms with Crippen LogP contribution in [0.15, 0.2) is 66.7 Å². The van der Waals surface area contributed by atoms with Gasteiger partial charge in [-0.1, -0.05) is 61.9 Å². The Morgan fingerprint density at radius 2 is 1.67 bits per heavy atom. The number of rotatable bonds is 11. The van der Waals surface area contributed by atoms with Crippen LogP contribution in [0.2, 0.25) is 0 Å². The van der Waals surface area contributed by atoms with Crippen LogP contribution in [0.1, 0.15) is 32.3 Å². The number of carbonyl (C=O) groups excluding carboxylic acids is 2. The maximum absolute atomic E-state index is 13.6. The number of carbonyl (C=O) groups is 2. The Morgan fingerprint density at radius 1 is 1.00 bits per heavy atom. The molecule has 3 rings (SSSR count). The third kappa shape index (κ3) is 6.81. The van der Waals surface area contributed by atoms with Crippen molar-refractivity contribution in [3.8, 4) is 0 Å². The van der Waals surface area contributed by atoms with Crippen molar-refractivity contribution in [2.75, 3.05) is 23.7 Å². The van der Waals surface area contributed by atoms with Gasteiger partial charge in [-0.2, -0.15) is 0 Å². The molecule has 0 spiro atoms. The summed E-state index contributed by atoms with van der Waals surface area (Å²) in [5.41, 5.74) is 1.000. The number of anilines is 1. The van der Waals surface area contributed by atoms with E-state index in [0.29, 0.717) is 23.2 Å². The van der Waals surface area contributed by atoms with E-state index in [0.717, 1.165) is 28.8 Å². The summed E-state index contributed by atoms with van der Waals surface area (Å²) in [6.07, 6.45) is 2.75. The van der Waals surface area contributed by atoms with Crippen molar-refractivity contribution in [1.82, 2.24) is 10.2 Å². The monoisotopic (exact) mass is 513 g/mol. The van der Waals surface area contributed by atoms with Crippen LogP contribution >= 0.6 is 0 Å². The van der Waals surface area contributed by atoms with Crippen molar-refractivity contribution in [3.05, 3.63) is 78.1 Å². The van der Waals surface area contributed by atoms with E-state index in [1.165, 1.54) is 29.2 Å². The molecule has 0 unspecified atom stereocenters. The van der Waals surface area contributed by atoms with Crippen molar-refractivity contribution in [2.24, 2.45) is 0 Å². The van der Waals surface area contributed by atoms with Gasteiger partial charge in [0.2, 0.25) is 21.8 Å². The molecule has 1 N–H and O–H groups in total. The minimum absolute atomic E-state index is 0.0224. The normalized spacial score (nSPS) is 12.2. The first-order chi connectivity index (χ1) is 17.1. The number of unbranched alkanes of at least 4 members (excludes halogenated alkanes) is 1. The molecule has 0 heterocycles. The molecule has 0 fully saturated rings. The van der Waals surface area contributed by atoms with Gasteiger partial charge in [-0.3, -0.25) is 13.9 Å². The topological polar surface area (TPSA) is 86.8 Å².